The first-order chi connectivity index (χ1) is 16.4. The fraction of sp³-hybridized carbons (Fsp3) is 0.125. The van der Waals surface area contributed by atoms with Crippen LogP contribution in [0.25, 0.3) is 0 Å². The molecule has 0 atom stereocenters. The average Bonchev–Trinajstić information content (AvgIpc) is 2.84. The van der Waals surface area contributed by atoms with E-state index >= 15 is 0 Å². The van der Waals surface area contributed by atoms with Crippen molar-refractivity contribution in [3.05, 3.63) is 83.1 Å². The lowest BCUT2D eigenvalue weighted by Gasteiger charge is -2.09. The number of methoxy groups -OCH3 is 1. The number of carbonyl (C=O) groups is 2. The predicted molar refractivity (Wildman–Crippen MR) is 131 cm³/mol. The molecular formula is C24H21ClFN3O4S. The number of thioether (sulfide) groups is 1. The Labute approximate surface area is 205 Å². The molecular weight excluding hydrogens is 481 g/mol. The maximum atomic E-state index is 13.6. The zero-order valence-electron chi connectivity index (χ0n) is 18.1. The lowest BCUT2D eigenvalue weighted by Crippen LogP contribution is -2.20. The van der Waals surface area contributed by atoms with Crippen LogP contribution in [0, 0.1) is 5.82 Å². The van der Waals surface area contributed by atoms with Crippen LogP contribution in [0.3, 0.4) is 0 Å². The number of anilines is 1. The standard InChI is InChI=1S/C24H21ClFN3O4S/c1-32-17-7-9-18(10-8-17)34-15-24(31)29-27-13-16-6-11-22(19(25)12-16)33-14-23(30)28-21-5-3-2-4-20(21)26/h2-13H,14-15H2,1H3,(H,28,30)(H,29,31)/b27-13+. The Balaban J connectivity index is 1.44. The Morgan fingerprint density at radius 2 is 1.85 bits per heavy atom. The highest BCUT2D eigenvalue weighted by Gasteiger charge is 2.09. The molecule has 2 amide bonds. The second-order valence-electron chi connectivity index (χ2n) is 6.76. The highest BCUT2D eigenvalue weighted by atomic mass is 35.5. The van der Waals surface area contributed by atoms with Gasteiger partial charge in [0.05, 0.1) is 29.8 Å². The number of amides is 2. The van der Waals surface area contributed by atoms with Gasteiger partial charge in [0.1, 0.15) is 17.3 Å². The zero-order chi connectivity index (χ0) is 24.3. The first kappa shape index (κ1) is 25.1. The first-order valence-electron chi connectivity index (χ1n) is 10.00. The third-order valence-corrected chi connectivity index (χ3v) is 5.60. The van der Waals surface area contributed by atoms with Crippen molar-refractivity contribution in [2.75, 3.05) is 24.8 Å². The smallest absolute Gasteiger partial charge is 0.262 e. The monoisotopic (exact) mass is 501 g/mol. The second kappa shape index (κ2) is 12.6. The molecule has 0 fully saturated rings. The van der Waals surface area contributed by atoms with E-state index < -0.39 is 11.7 Å². The molecule has 0 saturated carbocycles. The molecule has 176 valence electrons. The van der Waals surface area contributed by atoms with Crippen LogP contribution >= 0.6 is 23.4 Å². The fourth-order valence-corrected chi connectivity index (χ4v) is 3.57. The Morgan fingerprint density at radius 1 is 1.09 bits per heavy atom. The molecule has 0 saturated heterocycles. The number of hydrogen-bond donors (Lipinski definition) is 2. The Morgan fingerprint density at radius 3 is 2.56 bits per heavy atom. The van der Waals surface area contributed by atoms with Crippen molar-refractivity contribution in [2.24, 2.45) is 5.10 Å². The van der Waals surface area contributed by atoms with Gasteiger partial charge in [-0.3, -0.25) is 9.59 Å². The minimum atomic E-state index is -0.538. The van der Waals surface area contributed by atoms with Crippen molar-refractivity contribution >= 4 is 47.1 Å². The number of para-hydroxylation sites is 1. The van der Waals surface area contributed by atoms with Gasteiger partial charge in [0.2, 0.25) is 5.91 Å². The van der Waals surface area contributed by atoms with Crippen molar-refractivity contribution in [1.29, 1.82) is 0 Å². The third kappa shape index (κ3) is 7.79. The molecule has 34 heavy (non-hydrogen) atoms. The molecule has 0 aliphatic rings. The number of nitrogens with one attached hydrogen (secondary N) is 2. The molecule has 0 heterocycles. The van der Waals surface area contributed by atoms with Crippen molar-refractivity contribution in [1.82, 2.24) is 5.43 Å². The minimum Gasteiger partial charge on any atom is -0.497 e. The van der Waals surface area contributed by atoms with Crippen LogP contribution in [0.4, 0.5) is 10.1 Å². The summed E-state index contributed by atoms with van der Waals surface area (Å²) in [6, 6.07) is 18.0. The molecule has 7 nitrogen and oxygen atoms in total. The van der Waals surface area contributed by atoms with Gasteiger partial charge in [-0.15, -0.1) is 11.8 Å². The first-order valence-corrected chi connectivity index (χ1v) is 11.4. The topological polar surface area (TPSA) is 89.0 Å². The summed E-state index contributed by atoms with van der Waals surface area (Å²) in [4.78, 5) is 24.9. The van der Waals surface area contributed by atoms with Crippen LogP contribution in [-0.4, -0.2) is 37.5 Å². The molecule has 0 aliphatic heterocycles. The van der Waals surface area contributed by atoms with Gasteiger partial charge in [-0.05, 0) is 60.2 Å². The van der Waals surface area contributed by atoms with Gasteiger partial charge in [-0.1, -0.05) is 23.7 Å². The van der Waals surface area contributed by atoms with E-state index in [4.69, 9.17) is 21.1 Å². The second-order valence-corrected chi connectivity index (χ2v) is 8.22. The van der Waals surface area contributed by atoms with Gasteiger partial charge in [0.15, 0.2) is 6.61 Å². The zero-order valence-corrected chi connectivity index (χ0v) is 19.7. The van der Waals surface area contributed by atoms with Crippen molar-refractivity contribution in [3.63, 3.8) is 0 Å². The summed E-state index contributed by atoms with van der Waals surface area (Å²) < 4.78 is 24.1. The lowest BCUT2D eigenvalue weighted by molar-refractivity contribution is -0.119. The van der Waals surface area contributed by atoms with Crippen molar-refractivity contribution in [2.45, 2.75) is 4.90 Å². The molecule has 0 spiro atoms. The molecule has 0 unspecified atom stereocenters. The van der Waals surface area contributed by atoms with Gasteiger partial charge < -0.3 is 14.8 Å². The number of ether oxygens (including phenoxy) is 2. The normalized spacial score (nSPS) is 10.7. The van der Waals surface area contributed by atoms with E-state index in [1.54, 1.807) is 31.4 Å². The average molecular weight is 502 g/mol. The Hall–Kier alpha value is -3.56. The molecule has 0 aromatic heterocycles. The maximum absolute atomic E-state index is 13.6. The molecule has 0 radical (unpaired) electrons. The van der Waals surface area contributed by atoms with Crippen LogP contribution in [0.5, 0.6) is 11.5 Å². The van der Waals surface area contributed by atoms with E-state index in [1.165, 1.54) is 36.2 Å². The molecule has 3 aromatic carbocycles. The SMILES string of the molecule is COc1ccc(SCC(=O)N/N=C/c2ccc(OCC(=O)Nc3ccccc3F)c(Cl)c2)cc1. The summed E-state index contributed by atoms with van der Waals surface area (Å²) >= 11 is 7.58. The fourth-order valence-electron chi connectivity index (χ4n) is 2.64. The summed E-state index contributed by atoms with van der Waals surface area (Å²) in [5.41, 5.74) is 3.14. The summed E-state index contributed by atoms with van der Waals surface area (Å²) in [5, 5.41) is 6.60. The predicted octanol–water partition coefficient (Wildman–Crippen LogP) is 4.75. The third-order valence-electron chi connectivity index (χ3n) is 4.29. The lowest BCUT2D eigenvalue weighted by atomic mass is 10.2. The molecule has 10 heteroatoms. The van der Waals surface area contributed by atoms with Crippen molar-refractivity contribution < 1.29 is 23.5 Å². The quantitative estimate of drug-likeness (QED) is 0.238. The van der Waals surface area contributed by atoms with E-state index in [1.807, 2.05) is 24.3 Å². The number of halogens is 2. The highest BCUT2D eigenvalue weighted by molar-refractivity contribution is 8.00. The maximum Gasteiger partial charge on any atom is 0.262 e. The van der Waals surface area contributed by atoms with Crippen LogP contribution < -0.4 is 20.2 Å². The van der Waals surface area contributed by atoms with E-state index in [-0.39, 0.29) is 34.7 Å². The summed E-state index contributed by atoms with van der Waals surface area (Å²) in [6.45, 7) is -0.344. The number of hydrazone groups is 1. The van der Waals surface area contributed by atoms with Crippen molar-refractivity contribution in [3.8, 4) is 11.5 Å². The van der Waals surface area contributed by atoms with Gasteiger partial charge in [0.25, 0.3) is 5.91 Å². The Kier molecular flexibility index (Phi) is 9.30. The number of nitrogens with zero attached hydrogens (tertiary/aromatic N) is 1. The summed E-state index contributed by atoms with van der Waals surface area (Å²) in [5.74, 6) is -0.0942. The largest absolute Gasteiger partial charge is 0.497 e. The van der Waals surface area contributed by atoms with Crippen LogP contribution in [0.1, 0.15) is 5.56 Å². The Bertz CT molecular complexity index is 1180. The number of rotatable bonds is 10. The van der Waals surface area contributed by atoms with E-state index in [2.05, 4.69) is 15.8 Å². The van der Waals surface area contributed by atoms with Gasteiger partial charge in [-0.25, -0.2) is 9.82 Å². The van der Waals surface area contributed by atoms with Gasteiger partial charge in [0, 0.05) is 4.90 Å². The van der Waals surface area contributed by atoms with Gasteiger partial charge in [-0.2, -0.15) is 5.10 Å². The van der Waals surface area contributed by atoms with E-state index in [0.717, 1.165) is 10.6 Å². The number of benzene rings is 3. The van der Waals surface area contributed by atoms with E-state index in [9.17, 15) is 14.0 Å². The molecule has 2 N–H and O–H groups in total. The summed E-state index contributed by atoms with van der Waals surface area (Å²) in [7, 11) is 1.59. The molecule has 0 aliphatic carbocycles. The van der Waals surface area contributed by atoms with Crippen LogP contribution in [0.15, 0.2) is 76.7 Å². The number of hydrogen-bond acceptors (Lipinski definition) is 6. The molecule has 0 bridgehead atoms. The van der Waals surface area contributed by atoms with Crippen LogP contribution in [-0.2, 0) is 9.59 Å². The number of carbonyl (C=O) groups excluding carboxylic acids is 2. The van der Waals surface area contributed by atoms with Crippen LogP contribution in [0.2, 0.25) is 5.02 Å². The van der Waals surface area contributed by atoms with Gasteiger partial charge >= 0.3 is 0 Å². The molecule has 3 rings (SSSR count). The molecule has 3 aromatic rings. The minimum absolute atomic E-state index is 0.0678. The summed E-state index contributed by atoms with van der Waals surface area (Å²) in [6.07, 6.45) is 1.44. The van der Waals surface area contributed by atoms with E-state index in [0.29, 0.717) is 5.56 Å². The highest BCUT2D eigenvalue weighted by Crippen LogP contribution is 2.25.